The first-order valence-corrected chi connectivity index (χ1v) is 5.29. The van der Waals surface area contributed by atoms with Crippen LogP contribution in [0.1, 0.15) is 6.42 Å². The second kappa shape index (κ2) is 4.38. The molecule has 88 valence electrons. The lowest BCUT2D eigenvalue weighted by atomic mass is 10.1. The molecule has 1 unspecified atom stereocenters. The van der Waals surface area contributed by atoms with Crippen LogP contribution >= 0.6 is 0 Å². The summed E-state index contributed by atoms with van der Waals surface area (Å²) in [7, 11) is 1.53. The van der Waals surface area contributed by atoms with Gasteiger partial charge in [0.05, 0.1) is 12.8 Å². The SMILES string of the molecule is C#CC1CC(=O)N(c2cc(OC)ccc2O)C1. The number of phenolic OH excluding ortho intramolecular Hbond substituents is 1. The predicted octanol–water partition coefficient (Wildman–Crippen LogP) is 1.39. The second-order valence-corrected chi connectivity index (χ2v) is 3.93. The summed E-state index contributed by atoms with van der Waals surface area (Å²) < 4.78 is 5.07. The minimum absolute atomic E-state index is 0.0526. The van der Waals surface area contributed by atoms with Crippen LogP contribution in [0.2, 0.25) is 0 Å². The minimum atomic E-state index is -0.0897. The van der Waals surface area contributed by atoms with Crippen molar-refractivity contribution in [3.8, 4) is 23.8 Å². The second-order valence-electron chi connectivity index (χ2n) is 3.93. The number of rotatable bonds is 2. The molecule has 0 spiro atoms. The van der Waals surface area contributed by atoms with Gasteiger partial charge in [0.25, 0.3) is 0 Å². The number of amides is 1. The number of ether oxygens (including phenoxy) is 1. The van der Waals surface area contributed by atoms with Crippen LogP contribution in [0.15, 0.2) is 18.2 Å². The van der Waals surface area contributed by atoms with Crippen molar-refractivity contribution in [3.63, 3.8) is 0 Å². The summed E-state index contributed by atoms with van der Waals surface area (Å²) in [6, 6.07) is 4.77. The monoisotopic (exact) mass is 231 g/mol. The van der Waals surface area contributed by atoms with Gasteiger partial charge in [0, 0.05) is 24.9 Å². The van der Waals surface area contributed by atoms with Gasteiger partial charge in [-0.05, 0) is 12.1 Å². The maximum Gasteiger partial charge on any atom is 0.228 e. The Labute approximate surface area is 99.8 Å². The quantitative estimate of drug-likeness (QED) is 0.782. The van der Waals surface area contributed by atoms with E-state index in [-0.39, 0.29) is 17.6 Å². The summed E-state index contributed by atoms with van der Waals surface area (Å²) in [5.41, 5.74) is 0.451. The van der Waals surface area contributed by atoms with Gasteiger partial charge in [-0.15, -0.1) is 12.3 Å². The average molecular weight is 231 g/mol. The molecule has 1 saturated heterocycles. The van der Waals surface area contributed by atoms with Gasteiger partial charge in [0.2, 0.25) is 5.91 Å². The van der Waals surface area contributed by atoms with Crippen LogP contribution in [0.4, 0.5) is 5.69 Å². The molecule has 1 aliphatic heterocycles. The molecule has 1 aliphatic rings. The molecule has 0 radical (unpaired) electrons. The number of nitrogens with zero attached hydrogens (tertiary/aromatic N) is 1. The van der Waals surface area contributed by atoms with E-state index in [0.717, 1.165) is 0 Å². The molecule has 0 saturated carbocycles. The third-order valence-corrected chi connectivity index (χ3v) is 2.83. The Morgan fingerprint density at radius 1 is 1.59 bits per heavy atom. The van der Waals surface area contributed by atoms with Crippen molar-refractivity contribution in [3.05, 3.63) is 18.2 Å². The predicted molar refractivity (Wildman–Crippen MR) is 64.0 cm³/mol. The van der Waals surface area contributed by atoms with E-state index in [1.165, 1.54) is 18.1 Å². The first kappa shape index (κ1) is 11.3. The Kier molecular flexibility index (Phi) is 2.92. The summed E-state index contributed by atoms with van der Waals surface area (Å²) in [5.74, 6) is 3.05. The largest absolute Gasteiger partial charge is 0.506 e. The Balaban J connectivity index is 2.34. The topological polar surface area (TPSA) is 49.8 Å². The molecule has 1 fully saturated rings. The fourth-order valence-electron chi connectivity index (χ4n) is 1.90. The third-order valence-electron chi connectivity index (χ3n) is 2.83. The standard InChI is InChI=1S/C13H13NO3/c1-3-9-6-13(16)14(8-9)11-7-10(17-2)4-5-12(11)15/h1,4-5,7,9,15H,6,8H2,2H3. The van der Waals surface area contributed by atoms with Gasteiger partial charge in [0.1, 0.15) is 11.5 Å². The van der Waals surface area contributed by atoms with Crippen LogP contribution in [-0.4, -0.2) is 24.7 Å². The van der Waals surface area contributed by atoms with E-state index in [1.54, 1.807) is 12.1 Å². The number of benzene rings is 1. The van der Waals surface area contributed by atoms with Crippen LogP contribution < -0.4 is 9.64 Å². The van der Waals surface area contributed by atoms with Crippen LogP contribution in [-0.2, 0) is 4.79 Å². The van der Waals surface area contributed by atoms with E-state index in [1.807, 2.05) is 0 Å². The van der Waals surface area contributed by atoms with Crippen molar-refractivity contribution >= 4 is 11.6 Å². The highest BCUT2D eigenvalue weighted by molar-refractivity contribution is 5.97. The maximum atomic E-state index is 11.8. The number of carbonyl (C=O) groups excluding carboxylic acids is 1. The van der Waals surface area contributed by atoms with Crippen LogP contribution in [0, 0.1) is 18.3 Å². The van der Waals surface area contributed by atoms with Gasteiger partial charge in [-0.3, -0.25) is 4.79 Å². The highest BCUT2D eigenvalue weighted by Gasteiger charge is 2.30. The van der Waals surface area contributed by atoms with Gasteiger partial charge in [-0.2, -0.15) is 0 Å². The molecule has 0 bridgehead atoms. The summed E-state index contributed by atoms with van der Waals surface area (Å²) in [6.07, 6.45) is 5.64. The van der Waals surface area contributed by atoms with Gasteiger partial charge in [-0.1, -0.05) is 0 Å². The van der Waals surface area contributed by atoms with E-state index in [0.29, 0.717) is 24.4 Å². The molecule has 4 heteroatoms. The first-order valence-electron chi connectivity index (χ1n) is 5.29. The molecule has 0 aliphatic carbocycles. The van der Waals surface area contributed by atoms with Crippen molar-refractivity contribution < 1.29 is 14.6 Å². The number of terminal acetylenes is 1. The summed E-state index contributed by atoms with van der Waals surface area (Å²) in [6.45, 7) is 0.441. The molecular weight excluding hydrogens is 218 g/mol. The smallest absolute Gasteiger partial charge is 0.228 e. The van der Waals surface area contributed by atoms with Gasteiger partial charge < -0.3 is 14.7 Å². The van der Waals surface area contributed by atoms with Crippen LogP contribution in [0.25, 0.3) is 0 Å². The van der Waals surface area contributed by atoms with Gasteiger partial charge >= 0.3 is 0 Å². The zero-order valence-corrected chi connectivity index (χ0v) is 9.51. The molecule has 1 aromatic rings. The Hall–Kier alpha value is -2.15. The van der Waals surface area contributed by atoms with E-state index in [9.17, 15) is 9.90 Å². The van der Waals surface area contributed by atoms with Crippen molar-refractivity contribution in [1.82, 2.24) is 0 Å². The summed E-state index contributed by atoms with van der Waals surface area (Å²) in [4.78, 5) is 13.3. The van der Waals surface area contributed by atoms with Crippen molar-refractivity contribution in [1.29, 1.82) is 0 Å². The molecule has 1 aromatic carbocycles. The highest BCUT2D eigenvalue weighted by atomic mass is 16.5. The lowest BCUT2D eigenvalue weighted by molar-refractivity contribution is -0.117. The molecule has 1 N–H and O–H groups in total. The van der Waals surface area contributed by atoms with E-state index in [4.69, 9.17) is 11.2 Å². The Morgan fingerprint density at radius 3 is 2.94 bits per heavy atom. The number of anilines is 1. The zero-order valence-electron chi connectivity index (χ0n) is 9.51. The number of carbonyl (C=O) groups is 1. The molecule has 0 aromatic heterocycles. The molecular formula is C13H13NO3. The number of methoxy groups -OCH3 is 1. The minimum Gasteiger partial charge on any atom is -0.506 e. The normalized spacial score (nSPS) is 19.2. The molecule has 2 rings (SSSR count). The summed E-state index contributed by atoms with van der Waals surface area (Å²) >= 11 is 0. The number of hydrogen-bond donors (Lipinski definition) is 1. The lowest BCUT2D eigenvalue weighted by Gasteiger charge is -2.18. The average Bonchev–Trinajstić information content (AvgIpc) is 2.71. The fraction of sp³-hybridized carbons (Fsp3) is 0.308. The molecule has 4 nitrogen and oxygen atoms in total. The number of hydrogen-bond acceptors (Lipinski definition) is 3. The van der Waals surface area contributed by atoms with Gasteiger partial charge in [0.15, 0.2) is 0 Å². The lowest BCUT2D eigenvalue weighted by Crippen LogP contribution is -2.24. The number of phenols is 1. The van der Waals surface area contributed by atoms with Crippen molar-refractivity contribution in [2.75, 3.05) is 18.6 Å². The van der Waals surface area contributed by atoms with Crippen molar-refractivity contribution in [2.45, 2.75) is 6.42 Å². The third kappa shape index (κ3) is 2.04. The Bertz CT molecular complexity index is 490. The number of aromatic hydroxyl groups is 1. The molecule has 1 amide bonds. The summed E-state index contributed by atoms with van der Waals surface area (Å²) in [5, 5.41) is 9.77. The van der Waals surface area contributed by atoms with E-state index < -0.39 is 0 Å². The zero-order chi connectivity index (χ0) is 12.4. The van der Waals surface area contributed by atoms with Crippen LogP contribution in [0.5, 0.6) is 11.5 Å². The molecule has 17 heavy (non-hydrogen) atoms. The van der Waals surface area contributed by atoms with Crippen LogP contribution in [0.3, 0.4) is 0 Å². The first-order chi connectivity index (χ1) is 8.15. The van der Waals surface area contributed by atoms with E-state index in [2.05, 4.69) is 5.92 Å². The molecule has 1 atom stereocenters. The molecule has 1 heterocycles. The van der Waals surface area contributed by atoms with Gasteiger partial charge in [-0.25, -0.2) is 0 Å². The highest BCUT2D eigenvalue weighted by Crippen LogP contribution is 2.34. The Morgan fingerprint density at radius 2 is 2.35 bits per heavy atom. The van der Waals surface area contributed by atoms with E-state index >= 15 is 0 Å². The maximum absolute atomic E-state index is 11.8. The van der Waals surface area contributed by atoms with Crippen molar-refractivity contribution in [2.24, 2.45) is 5.92 Å². The fourth-order valence-corrected chi connectivity index (χ4v) is 1.90.